The molecule has 130 valence electrons. The summed E-state index contributed by atoms with van der Waals surface area (Å²) in [4.78, 5) is 15.2. The maximum absolute atomic E-state index is 12.3. The Morgan fingerprint density at radius 3 is 2.52 bits per heavy atom. The van der Waals surface area contributed by atoms with Crippen molar-refractivity contribution in [3.63, 3.8) is 0 Å². The van der Waals surface area contributed by atoms with Crippen LogP contribution in [0, 0.1) is 13.8 Å². The fraction of sp³-hybridized carbons (Fsp3) is 0.211. The van der Waals surface area contributed by atoms with E-state index >= 15 is 0 Å². The number of fused-ring (bicyclic) bond motifs is 1. The highest BCUT2D eigenvalue weighted by Crippen LogP contribution is 2.14. The Balaban J connectivity index is 1.76. The van der Waals surface area contributed by atoms with Gasteiger partial charge in [0.2, 0.25) is 10.0 Å². The van der Waals surface area contributed by atoms with Crippen LogP contribution < -0.4 is 10.3 Å². The van der Waals surface area contributed by atoms with Crippen LogP contribution in [-0.2, 0) is 16.4 Å². The molecular weight excluding hydrogens is 336 g/mol. The molecule has 0 atom stereocenters. The van der Waals surface area contributed by atoms with E-state index in [0.717, 1.165) is 22.0 Å². The Bertz CT molecular complexity index is 1090. The van der Waals surface area contributed by atoms with Crippen molar-refractivity contribution in [3.05, 3.63) is 75.6 Å². The summed E-state index contributed by atoms with van der Waals surface area (Å²) in [7, 11) is -3.58. The van der Waals surface area contributed by atoms with E-state index in [9.17, 15) is 13.2 Å². The monoisotopic (exact) mass is 356 g/mol. The third kappa shape index (κ3) is 3.97. The summed E-state index contributed by atoms with van der Waals surface area (Å²) in [6.07, 6.45) is 0.324. The zero-order chi connectivity index (χ0) is 18.0. The zero-order valence-corrected chi connectivity index (χ0v) is 15.0. The molecule has 0 saturated heterocycles. The summed E-state index contributed by atoms with van der Waals surface area (Å²) >= 11 is 0. The van der Waals surface area contributed by atoms with Gasteiger partial charge in [0.25, 0.3) is 5.56 Å². The Labute approximate surface area is 146 Å². The molecule has 1 heterocycles. The van der Waals surface area contributed by atoms with Crippen molar-refractivity contribution in [2.75, 3.05) is 6.54 Å². The van der Waals surface area contributed by atoms with Crippen molar-refractivity contribution in [3.8, 4) is 0 Å². The molecule has 6 heteroatoms. The molecule has 0 saturated carbocycles. The molecule has 2 N–H and O–H groups in total. The first-order chi connectivity index (χ1) is 11.8. The molecule has 0 aliphatic carbocycles. The number of sulfonamides is 1. The van der Waals surface area contributed by atoms with E-state index in [2.05, 4.69) is 9.71 Å². The SMILES string of the molecule is Cc1cccc(S(=O)(=O)NCCc2cc3cc(C)ccc3[nH]c2=O)c1. The van der Waals surface area contributed by atoms with Gasteiger partial charge in [0.1, 0.15) is 0 Å². The van der Waals surface area contributed by atoms with Crippen molar-refractivity contribution in [1.82, 2.24) is 9.71 Å². The zero-order valence-electron chi connectivity index (χ0n) is 14.2. The summed E-state index contributed by atoms with van der Waals surface area (Å²) in [5.41, 5.74) is 3.13. The van der Waals surface area contributed by atoms with Gasteiger partial charge in [-0.05, 0) is 61.5 Å². The minimum Gasteiger partial charge on any atom is -0.322 e. The van der Waals surface area contributed by atoms with Gasteiger partial charge in [-0.25, -0.2) is 13.1 Å². The smallest absolute Gasteiger partial charge is 0.251 e. The number of nitrogens with one attached hydrogen (secondary N) is 2. The lowest BCUT2D eigenvalue weighted by Gasteiger charge is -2.08. The van der Waals surface area contributed by atoms with Crippen LogP contribution in [0.25, 0.3) is 10.9 Å². The number of aromatic nitrogens is 1. The average molecular weight is 356 g/mol. The lowest BCUT2D eigenvalue weighted by molar-refractivity contribution is 0.581. The van der Waals surface area contributed by atoms with Gasteiger partial charge in [-0.1, -0.05) is 23.8 Å². The molecule has 0 amide bonds. The second kappa shape index (κ2) is 6.82. The van der Waals surface area contributed by atoms with Crippen LogP contribution in [0.15, 0.2) is 58.2 Å². The summed E-state index contributed by atoms with van der Waals surface area (Å²) in [5.74, 6) is 0. The van der Waals surface area contributed by atoms with Crippen molar-refractivity contribution in [1.29, 1.82) is 0 Å². The Hall–Kier alpha value is -2.44. The van der Waals surface area contributed by atoms with E-state index in [1.54, 1.807) is 18.2 Å². The quantitative estimate of drug-likeness (QED) is 0.738. The van der Waals surface area contributed by atoms with Gasteiger partial charge < -0.3 is 4.98 Å². The first-order valence-corrected chi connectivity index (χ1v) is 9.52. The van der Waals surface area contributed by atoms with E-state index in [1.807, 2.05) is 44.2 Å². The standard InChI is InChI=1S/C19H20N2O3S/c1-13-4-3-5-17(11-13)25(23,24)20-9-8-15-12-16-10-14(2)6-7-18(16)21-19(15)22/h3-7,10-12,20H,8-9H2,1-2H3,(H,21,22). The van der Waals surface area contributed by atoms with Gasteiger partial charge >= 0.3 is 0 Å². The van der Waals surface area contributed by atoms with Gasteiger partial charge in [0.15, 0.2) is 0 Å². The fourth-order valence-corrected chi connectivity index (χ4v) is 3.88. The van der Waals surface area contributed by atoms with Crippen LogP contribution in [-0.4, -0.2) is 19.9 Å². The highest BCUT2D eigenvalue weighted by molar-refractivity contribution is 7.89. The predicted molar refractivity (Wildman–Crippen MR) is 99.4 cm³/mol. The maximum atomic E-state index is 12.3. The first-order valence-electron chi connectivity index (χ1n) is 8.04. The van der Waals surface area contributed by atoms with Gasteiger partial charge in [0, 0.05) is 17.6 Å². The topological polar surface area (TPSA) is 79.0 Å². The molecule has 0 unspecified atom stereocenters. The largest absolute Gasteiger partial charge is 0.322 e. The molecule has 0 fully saturated rings. The van der Waals surface area contributed by atoms with Crippen molar-refractivity contribution in [2.45, 2.75) is 25.2 Å². The van der Waals surface area contributed by atoms with E-state index < -0.39 is 10.0 Å². The first kappa shape index (κ1) is 17.4. The third-order valence-corrected chi connectivity index (χ3v) is 5.52. The van der Waals surface area contributed by atoms with Crippen molar-refractivity contribution >= 4 is 20.9 Å². The highest BCUT2D eigenvalue weighted by Gasteiger charge is 2.13. The molecule has 2 aromatic carbocycles. The van der Waals surface area contributed by atoms with Crippen LogP contribution in [0.1, 0.15) is 16.7 Å². The minimum absolute atomic E-state index is 0.163. The Morgan fingerprint density at radius 2 is 1.76 bits per heavy atom. The van der Waals surface area contributed by atoms with E-state index in [4.69, 9.17) is 0 Å². The minimum atomic E-state index is -3.58. The summed E-state index contributed by atoms with van der Waals surface area (Å²) in [6.45, 7) is 3.99. The number of benzene rings is 2. The highest BCUT2D eigenvalue weighted by atomic mass is 32.2. The van der Waals surface area contributed by atoms with Crippen LogP contribution in [0.3, 0.4) is 0 Å². The molecule has 0 radical (unpaired) electrons. The molecule has 0 aliphatic heterocycles. The number of hydrogen-bond donors (Lipinski definition) is 2. The summed E-state index contributed by atoms with van der Waals surface area (Å²) in [6, 6.07) is 14.4. The summed E-state index contributed by atoms with van der Waals surface area (Å²) in [5, 5.41) is 0.941. The molecule has 25 heavy (non-hydrogen) atoms. The number of aromatic amines is 1. The predicted octanol–water partition coefficient (Wildman–Crippen LogP) is 2.67. The fourth-order valence-electron chi connectivity index (χ4n) is 2.74. The average Bonchev–Trinajstić information content (AvgIpc) is 2.55. The number of H-pyrrole nitrogens is 1. The van der Waals surface area contributed by atoms with Crippen LogP contribution in [0.5, 0.6) is 0 Å². The lowest BCUT2D eigenvalue weighted by Crippen LogP contribution is -2.27. The third-order valence-electron chi connectivity index (χ3n) is 4.06. The molecule has 0 bridgehead atoms. The van der Waals surface area contributed by atoms with Crippen LogP contribution in [0.4, 0.5) is 0 Å². The Morgan fingerprint density at radius 1 is 1.00 bits per heavy atom. The van der Waals surface area contributed by atoms with E-state index in [1.165, 1.54) is 0 Å². The number of pyridine rings is 1. The second-order valence-corrected chi connectivity index (χ2v) is 7.95. The van der Waals surface area contributed by atoms with Crippen LogP contribution >= 0.6 is 0 Å². The molecule has 0 aliphatic rings. The van der Waals surface area contributed by atoms with Gasteiger partial charge in [-0.3, -0.25) is 4.79 Å². The molecule has 5 nitrogen and oxygen atoms in total. The molecule has 1 aromatic heterocycles. The van der Waals surface area contributed by atoms with Gasteiger partial charge in [-0.15, -0.1) is 0 Å². The number of hydrogen-bond acceptors (Lipinski definition) is 3. The lowest BCUT2D eigenvalue weighted by atomic mass is 10.1. The van der Waals surface area contributed by atoms with E-state index in [0.29, 0.717) is 12.0 Å². The molecular formula is C19H20N2O3S. The normalized spacial score (nSPS) is 11.8. The van der Waals surface area contributed by atoms with Crippen molar-refractivity contribution < 1.29 is 8.42 Å². The number of aryl methyl sites for hydroxylation is 2. The van der Waals surface area contributed by atoms with Gasteiger partial charge in [-0.2, -0.15) is 0 Å². The second-order valence-electron chi connectivity index (χ2n) is 6.18. The summed E-state index contributed by atoms with van der Waals surface area (Å²) < 4.78 is 27.2. The molecule has 0 spiro atoms. The number of rotatable bonds is 5. The van der Waals surface area contributed by atoms with Gasteiger partial charge in [0.05, 0.1) is 4.90 Å². The van der Waals surface area contributed by atoms with Crippen LogP contribution in [0.2, 0.25) is 0 Å². The van der Waals surface area contributed by atoms with E-state index in [-0.39, 0.29) is 17.0 Å². The van der Waals surface area contributed by atoms with Crippen molar-refractivity contribution in [2.24, 2.45) is 0 Å². The molecule has 3 aromatic rings. The maximum Gasteiger partial charge on any atom is 0.251 e. The Kier molecular flexibility index (Phi) is 4.74. The molecule has 3 rings (SSSR count).